The third-order valence-electron chi connectivity index (χ3n) is 23.0. The molecule has 6 aliphatic rings. The molecule has 9 aromatic rings. The fourth-order valence-corrected chi connectivity index (χ4v) is 18.0. The van der Waals surface area contributed by atoms with Crippen molar-refractivity contribution in [3.05, 3.63) is 264 Å². The van der Waals surface area contributed by atoms with Gasteiger partial charge in [0.1, 0.15) is 0 Å². The van der Waals surface area contributed by atoms with Crippen molar-refractivity contribution in [3.63, 3.8) is 0 Å². The maximum atomic E-state index is 2.74. The minimum Gasteiger partial charge on any atom is -0.311 e. The van der Waals surface area contributed by atoms with Crippen molar-refractivity contribution in [2.45, 2.75) is 174 Å². The molecular formula is C81H83BN2. The van der Waals surface area contributed by atoms with Gasteiger partial charge in [0.15, 0.2) is 0 Å². The van der Waals surface area contributed by atoms with Gasteiger partial charge in [0.05, 0.1) is 0 Å². The predicted octanol–water partition coefficient (Wildman–Crippen LogP) is 18.8. The zero-order valence-corrected chi connectivity index (χ0v) is 53.2. The van der Waals surface area contributed by atoms with Crippen LogP contribution in [0.2, 0.25) is 0 Å². The average molecular weight is 1100 g/mol. The van der Waals surface area contributed by atoms with Gasteiger partial charge in [-0.25, -0.2) is 0 Å². The lowest BCUT2D eigenvalue weighted by atomic mass is 9.32. The van der Waals surface area contributed by atoms with E-state index in [9.17, 15) is 0 Å². The van der Waals surface area contributed by atoms with Gasteiger partial charge >= 0.3 is 0 Å². The molecule has 2 heterocycles. The maximum Gasteiger partial charge on any atom is 0.252 e. The molecule has 0 amide bonds. The van der Waals surface area contributed by atoms with Crippen molar-refractivity contribution in [2.24, 2.45) is 0 Å². The lowest BCUT2D eigenvalue weighted by Gasteiger charge is -2.50. The first-order valence-electron chi connectivity index (χ1n) is 31.4. The summed E-state index contributed by atoms with van der Waals surface area (Å²) in [6, 6.07) is 68.2. The summed E-state index contributed by atoms with van der Waals surface area (Å²) in [6.07, 6.45) is 0. The first kappa shape index (κ1) is 53.4. The SMILES string of the molecule is CC(C)c1cc2c3c(c1)N(c1ccc4c(c1)C(C)(C)c1ccccc1C4(C)C)c1cc4c(cc1B3c1cc3c(cc1N2c1ccc2c(c1)C(C)(C)c1ccccc1C2(C)C)C(C)(C)c1ccccc1C3(C)C)C(C)(C)c1ccccc1C4(C)C. The first-order chi connectivity index (χ1) is 39.5. The van der Waals surface area contributed by atoms with Gasteiger partial charge in [-0.05, 0) is 165 Å². The summed E-state index contributed by atoms with van der Waals surface area (Å²) in [5, 5.41) is 0. The number of hydrogen-bond acceptors (Lipinski definition) is 2. The van der Waals surface area contributed by atoms with Gasteiger partial charge < -0.3 is 9.80 Å². The summed E-state index contributed by atoms with van der Waals surface area (Å²) in [5.74, 6) is 0.260. The standard InChI is InChI=1S/C81H83BN2/c1-47(2)48-39-71-73-72(40-48)84(50-36-38-60-62(42-50)77(9,10)54-30-22-20-28-52(54)75(60,5)6)70-46-66-64(79(13,14)56-32-24-26-34-58(56)81(66,17)18)44-68(70)82(73)67-43-63-65(80(15,16)57-33-25-23-31-55(57)78(63,11)12)45-69(67)83(71)49-35-37-59-61(41-49)76(7,8)53-29-21-19-27-51(53)74(59,3)4/h19-47H,1-18H3. The fourth-order valence-electron chi connectivity index (χ4n) is 18.0. The van der Waals surface area contributed by atoms with Crippen LogP contribution in [-0.2, 0) is 43.3 Å². The van der Waals surface area contributed by atoms with Gasteiger partial charge in [0, 0.05) is 77.4 Å². The van der Waals surface area contributed by atoms with Crippen molar-refractivity contribution in [2.75, 3.05) is 9.80 Å². The molecule has 0 spiro atoms. The van der Waals surface area contributed by atoms with Gasteiger partial charge in [-0.3, -0.25) is 0 Å². The summed E-state index contributed by atoms with van der Waals surface area (Å²) in [6.45, 7) is 44.1. The van der Waals surface area contributed by atoms with E-state index >= 15 is 0 Å². The molecule has 0 N–H and O–H groups in total. The van der Waals surface area contributed by atoms with E-state index in [1.54, 1.807) is 0 Å². The summed E-state index contributed by atoms with van der Waals surface area (Å²) in [4.78, 5) is 5.48. The van der Waals surface area contributed by atoms with E-state index in [0.717, 1.165) is 0 Å². The van der Waals surface area contributed by atoms with Crippen LogP contribution in [0.5, 0.6) is 0 Å². The van der Waals surface area contributed by atoms with Gasteiger partial charge in [0.2, 0.25) is 0 Å². The molecule has 0 unspecified atom stereocenters. The summed E-state index contributed by atoms with van der Waals surface area (Å²) < 4.78 is 0. The van der Waals surface area contributed by atoms with E-state index in [4.69, 9.17) is 0 Å². The molecule has 0 saturated carbocycles. The molecule has 0 radical (unpaired) electrons. The molecule has 420 valence electrons. The molecule has 0 atom stereocenters. The molecule has 3 heteroatoms. The molecule has 2 nitrogen and oxygen atoms in total. The van der Waals surface area contributed by atoms with Crippen LogP contribution >= 0.6 is 0 Å². The number of fused-ring (bicyclic) bond motifs is 12. The second kappa shape index (κ2) is 16.7. The van der Waals surface area contributed by atoms with Crippen molar-refractivity contribution in [1.82, 2.24) is 0 Å². The number of benzene rings is 9. The number of anilines is 6. The molecule has 0 fully saturated rings. The smallest absolute Gasteiger partial charge is 0.252 e. The van der Waals surface area contributed by atoms with Crippen LogP contribution < -0.4 is 26.2 Å². The Kier molecular flexibility index (Phi) is 10.6. The maximum absolute atomic E-state index is 2.74. The highest BCUT2D eigenvalue weighted by Gasteiger charge is 2.52. The molecule has 0 aromatic heterocycles. The van der Waals surface area contributed by atoms with Crippen LogP contribution in [0.4, 0.5) is 34.1 Å². The van der Waals surface area contributed by atoms with Gasteiger partial charge in [-0.1, -0.05) is 246 Å². The van der Waals surface area contributed by atoms with Crippen LogP contribution in [0.1, 0.15) is 225 Å². The van der Waals surface area contributed by atoms with E-state index in [2.05, 4.69) is 304 Å². The lowest BCUT2D eigenvalue weighted by Crippen LogP contribution is -2.62. The fraction of sp³-hybridized carbons (Fsp3) is 0.333. The van der Waals surface area contributed by atoms with E-state index in [1.807, 2.05) is 0 Å². The highest BCUT2D eigenvalue weighted by molar-refractivity contribution is 7.00. The van der Waals surface area contributed by atoms with Crippen molar-refractivity contribution < 1.29 is 0 Å². The van der Waals surface area contributed by atoms with Gasteiger partial charge in [-0.2, -0.15) is 0 Å². The molecule has 0 bridgehead atoms. The molecule has 4 aliphatic carbocycles. The molecule has 2 aliphatic heterocycles. The van der Waals surface area contributed by atoms with E-state index in [0.29, 0.717) is 0 Å². The Hall–Kier alpha value is -7.36. The Morgan fingerprint density at radius 2 is 0.500 bits per heavy atom. The topological polar surface area (TPSA) is 6.48 Å². The molecule has 0 saturated heterocycles. The summed E-state index contributed by atoms with van der Waals surface area (Å²) in [7, 11) is 0. The molecule has 9 aromatic carbocycles. The van der Waals surface area contributed by atoms with Crippen LogP contribution in [0.25, 0.3) is 0 Å². The van der Waals surface area contributed by atoms with Crippen LogP contribution in [0.15, 0.2) is 170 Å². The molecular weight excluding hydrogens is 1010 g/mol. The summed E-state index contributed by atoms with van der Waals surface area (Å²) in [5.41, 5.74) is 33.9. The van der Waals surface area contributed by atoms with Gasteiger partial charge in [0.25, 0.3) is 6.71 Å². The minimum atomic E-state index is -0.252. The second-order valence-corrected chi connectivity index (χ2v) is 30.8. The Balaban J connectivity index is 1.08. The first-order valence-corrected chi connectivity index (χ1v) is 31.4. The normalized spacial score (nSPS) is 19.6. The monoisotopic (exact) mass is 1090 g/mol. The molecule has 84 heavy (non-hydrogen) atoms. The second-order valence-electron chi connectivity index (χ2n) is 30.8. The Bertz CT molecular complexity index is 4100. The zero-order chi connectivity index (χ0) is 59.1. The quantitative estimate of drug-likeness (QED) is 0.163. The summed E-state index contributed by atoms with van der Waals surface area (Å²) >= 11 is 0. The van der Waals surface area contributed by atoms with E-state index in [1.165, 1.54) is 145 Å². The van der Waals surface area contributed by atoms with Gasteiger partial charge in [-0.15, -0.1) is 0 Å². The number of hydrogen-bond donors (Lipinski definition) is 0. The van der Waals surface area contributed by atoms with E-state index in [-0.39, 0.29) is 56.0 Å². The third-order valence-corrected chi connectivity index (χ3v) is 23.0. The number of rotatable bonds is 3. The third kappa shape index (κ3) is 6.65. The Morgan fingerprint density at radius 3 is 0.774 bits per heavy atom. The van der Waals surface area contributed by atoms with E-state index < -0.39 is 0 Å². The highest BCUT2D eigenvalue weighted by Crippen LogP contribution is 2.58. The number of nitrogens with zero attached hydrogens (tertiary/aromatic N) is 2. The highest BCUT2D eigenvalue weighted by atomic mass is 15.2. The lowest BCUT2D eigenvalue weighted by molar-refractivity contribution is 0.520. The van der Waals surface area contributed by atoms with Crippen molar-refractivity contribution >= 4 is 57.2 Å². The Labute approximate surface area is 502 Å². The van der Waals surface area contributed by atoms with Crippen LogP contribution in [0, 0.1) is 0 Å². The van der Waals surface area contributed by atoms with Crippen LogP contribution in [-0.4, -0.2) is 6.71 Å². The predicted molar refractivity (Wildman–Crippen MR) is 357 cm³/mol. The molecule has 15 rings (SSSR count). The average Bonchev–Trinajstić information content (AvgIpc) is 0.710. The van der Waals surface area contributed by atoms with Crippen LogP contribution in [0.3, 0.4) is 0 Å². The Morgan fingerprint density at radius 1 is 0.262 bits per heavy atom. The minimum absolute atomic E-state index is 0.0729. The van der Waals surface area contributed by atoms with Crippen molar-refractivity contribution in [1.29, 1.82) is 0 Å². The zero-order valence-electron chi connectivity index (χ0n) is 53.2. The largest absolute Gasteiger partial charge is 0.311 e. The van der Waals surface area contributed by atoms with Crippen molar-refractivity contribution in [3.8, 4) is 0 Å².